The van der Waals surface area contributed by atoms with E-state index < -0.39 is 0 Å². The number of anilines is 1. The van der Waals surface area contributed by atoms with Crippen LogP contribution in [0.4, 0.5) is 5.82 Å². The highest BCUT2D eigenvalue weighted by atomic mass is 16.2. The molecule has 0 aromatic carbocycles. The fraction of sp³-hybridized carbons (Fsp3) is 0.571. The molecule has 3 heteroatoms. The summed E-state index contributed by atoms with van der Waals surface area (Å²) in [7, 11) is 0. The summed E-state index contributed by atoms with van der Waals surface area (Å²) >= 11 is 0. The average Bonchev–Trinajstić information content (AvgIpc) is 2.29. The van der Waals surface area contributed by atoms with E-state index in [1.165, 1.54) is 0 Å². The SMILES string of the molecule is CCCCC(C)(C)C(=O)Nc1ccc(C)cn1. The molecule has 0 fully saturated rings. The van der Waals surface area contributed by atoms with E-state index in [9.17, 15) is 4.79 Å². The molecule has 0 radical (unpaired) electrons. The van der Waals surface area contributed by atoms with Crippen LogP contribution in [0.3, 0.4) is 0 Å². The van der Waals surface area contributed by atoms with Crippen LogP contribution < -0.4 is 5.32 Å². The summed E-state index contributed by atoms with van der Waals surface area (Å²) in [4.78, 5) is 16.3. The van der Waals surface area contributed by atoms with Crippen LogP contribution in [0.25, 0.3) is 0 Å². The van der Waals surface area contributed by atoms with Crippen LogP contribution in [0.5, 0.6) is 0 Å². The number of hydrogen-bond donors (Lipinski definition) is 1. The maximum Gasteiger partial charge on any atom is 0.231 e. The first-order chi connectivity index (χ1) is 7.95. The minimum absolute atomic E-state index is 0.0438. The maximum absolute atomic E-state index is 12.1. The molecule has 1 aromatic rings. The number of carbonyl (C=O) groups is 1. The van der Waals surface area contributed by atoms with Crippen LogP contribution in [0.15, 0.2) is 18.3 Å². The van der Waals surface area contributed by atoms with Crippen molar-refractivity contribution >= 4 is 11.7 Å². The Morgan fingerprint density at radius 2 is 2.12 bits per heavy atom. The molecule has 0 bridgehead atoms. The molecule has 1 N–H and O–H groups in total. The molecular formula is C14H22N2O. The van der Waals surface area contributed by atoms with Gasteiger partial charge in [-0.2, -0.15) is 0 Å². The summed E-state index contributed by atoms with van der Waals surface area (Å²) in [6.07, 6.45) is 4.84. The van der Waals surface area contributed by atoms with Gasteiger partial charge in [0, 0.05) is 11.6 Å². The largest absolute Gasteiger partial charge is 0.310 e. The van der Waals surface area contributed by atoms with Crippen molar-refractivity contribution in [3.8, 4) is 0 Å². The molecule has 1 aromatic heterocycles. The number of nitrogens with one attached hydrogen (secondary N) is 1. The third kappa shape index (κ3) is 4.17. The highest BCUT2D eigenvalue weighted by molar-refractivity contribution is 5.93. The topological polar surface area (TPSA) is 42.0 Å². The predicted octanol–water partition coefficient (Wildman–Crippen LogP) is 3.54. The third-order valence-electron chi connectivity index (χ3n) is 2.92. The molecule has 0 aliphatic rings. The van der Waals surface area contributed by atoms with Gasteiger partial charge in [-0.05, 0) is 25.0 Å². The lowest BCUT2D eigenvalue weighted by Gasteiger charge is -2.22. The molecule has 0 saturated carbocycles. The second kappa shape index (κ2) is 5.80. The predicted molar refractivity (Wildman–Crippen MR) is 70.9 cm³/mol. The van der Waals surface area contributed by atoms with E-state index in [0.29, 0.717) is 5.82 Å². The quantitative estimate of drug-likeness (QED) is 0.846. The molecule has 0 atom stereocenters. The lowest BCUT2D eigenvalue weighted by molar-refractivity contribution is -0.124. The molecule has 0 aliphatic carbocycles. The molecule has 1 rings (SSSR count). The number of unbranched alkanes of at least 4 members (excludes halogenated alkanes) is 1. The Labute approximate surface area is 104 Å². The Hall–Kier alpha value is -1.38. The van der Waals surface area contributed by atoms with Gasteiger partial charge in [-0.15, -0.1) is 0 Å². The number of amides is 1. The number of aromatic nitrogens is 1. The standard InChI is InChI=1S/C14H22N2O/c1-5-6-9-14(3,4)13(17)16-12-8-7-11(2)10-15-12/h7-8,10H,5-6,9H2,1-4H3,(H,15,16,17). The number of aryl methyl sites for hydroxylation is 1. The second-order valence-electron chi connectivity index (χ2n) is 5.16. The van der Waals surface area contributed by atoms with Crippen LogP contribution in [-0.4, -0.2) is 10.9 Å². The van der Waals surface area contributed by atoms with E-state index in [1.807, 2.05) is 32.9 Å². The van der Waals surface area contributed by atoms with Gasteiger partial charge >= 0.3 is 0 Å². The molecule has 1 heterocycles. The van der Waals surface area contributed by atoms with Crippen LogP contribution in [0.1, 0.15) is 45.6 Å². The highest BCUT2D eigenvalue weighted by Gasteiger charge is 2.26. The number of rotatable bonds is 5. The molecule has 0 spiro atoms. The summed E-state index contributed by atoms with van der Waals surface area (Å²) in [6.45, 7) is 8.07. The van der Waals surface area contributed by atoms with E-state index in [2.05, 4.69) is 17.2 Å². The van der Waals surface area contributed by atoms with Crippen molar-refractivity contribution < 1.29 is 4.79 Å². The summed E-state index contributed by atoms with van der Waals surface area (Å²) in [5.41, 5.74) is 0.760. The molecule has 1 amide bonds. The minimum Gasteiger partial charge on any atom is -0.310 e. The van der Waals surface area contributed by atoms with Crippen molar-refractivity contribution in [2.75, 3.05) is 5.32 Å². The molecular weight excluding hydrogens is 212 g/mol. The van der Waals surface area contributed by atoms with Gasteiger partial charge in [0.1, 0.15) is 5.82 Å². The van der Waals surface area contributed by atoms with Gasteiger partial charge in [-0.3, -0.25) is 4.79 Å². The molecule has 94 valence electrons. The lowest BCUT2D eigenvalue weighted by atomic mass is 9.86. The van der Waals surface area contributed by atoms with Gasteiger partial charge in [-0.1, -0.05) is 39.7 Å². The number of nitrogens with zero attached hydrogens (tertiary/aromatic N) is 1. The van der Waals surface area contributed by atoms with E-state index in [4.69, 9.17) is 0 Å². The molecule has 17 heavy (non-hydrogen) atoms. The van der Waals surface area contributed by atoms with Crippen molar-refractivity contribution in [1.82, 2.24) is 4.98 Å². The fourth-order valence-electron chi connectivity index (χ4n) is 1.56. The van der Waals surface area contributed by atoms with E-state index in [1.54, 1.807) is 6.20 Å². The monoisotopic (exact) mass is 234 g/mol. The smallest absolute Gasteiger partial charge is 0.231 e. The van der Waals surface area contributed by atoms with Crippen LogP contribution in [0, 0.1) is 12.3 Å². The molecule has 0 unspecified atom stereocenters. The van der Waals surface area contributed by atoms with E-state index >= 15 is 0 Å². The van der Waals surface area contributed by atoms with Crippen LogP contribution >= 0.6 is 0 Å². The summed E-state index contributed by atoms with van der Waals surface area (Å²) in [6, 6.07) is 3.78. The van der Waals surface area contributed by atoms with Gasteiger partial charge in [0.25, 0.3) is 0 Å². The van der Waals surface area contributed by atoms with Crippen LogP contribution in [0.2, 0.25) is 0 Å². The van der Waals surface area contributed by atoms with E-state index in [-0.39, 0.29) is 11.3 Å². The highest BCUT2D eigenvalue weighted by Crippen LogP contribution is 2.24. The molecule has 0 saturated heterocycles. The lowest BCUT2D eigenvalue weighted by Crippen LogP contribution is -2.31. The van der Waals surface area contributed by atoms with Crippen LogP contribution in [-0.2, 0) is 4.79 Å². The van der Waals surface area contributed by atoms with Crippen molar-refractivity contribution in [3.63, 3.8) is 0 Å². The average molecular weight is 234 g/mol. The first-order valence-electron chi connectivity index (χ1n) is 6.20. The first kappa shape index (κ1) is 13.7. The Morgan fingerprint density at radius 3 is 2.65 bits per heavy atom. The van der Waals surface area contributed by atoms with Crippen molar-refractivity contribution in [2.24, 2.45) is 5.41 Å². The number of hydrogen-bond acceptors (Lipinski definition) is 2. The van der Waals surface area contributed by atoms with Crippen molar-refractivity contribution in [3.05, 3.63) is 23.9 Å². The van der Waals surface area contributed by atoms with Gasteiger partial charge in [0.2, 0.25) is 5.91 Å². The van der Waals surface area contributed by atoms with Gasteiger partial charge < -0.3 is 5.32 Å². The van der Waals surface area contributed by atoms with Gasteiger partial charge in [0.15, 0.2) is 0 Å². The van der Waals surface area contributed by atoms with E-state index in [0.717, 1.165) is 24.8 Å². The maximum atomic E-state index is 12.1. The zero-order valence-corrected chi connectivity index (χ0v) is 11.2. The zero-order chi connectivity index (χ0) is 12.9. The third-order valence-corrected chi connectivity index (χ3v) is 2.92. The molecule has 3 nitrogen and oxygen atoms in total. The van der Waals surface area contributed by atoms with Crippen molar-refractivity contribution in [2.45, 2.75) is 47.0 Å². The Morgan fingerprint density at radius 1 is 1.41 bits per heavy atom. The zero-order valence-electron chi connectivity index (χ0n) is 11.2. The summed E-state index contributed by atoms with van der Waals surface area (Å²) in [5.74, 6) is 0.674. The minimum atomic E-state index is -0.331. The summed E-state index contributed by atoms with van der Waals surface area (Å²) < 4.78 is 0. The van der Waals surface area contributed by atoms with Crippen molar-refractivity contribution in [1.29, 1.82) is 0 Å². The second-order valence-corrected chi connectivity index (χ2v) is 5.16. The molecule has 0 aliphatic heterocycles. The first-order valence-corrected chi connectivity index (χ1v) is 6.20. The normalized spacial score (nSPS) is 11.3. The Kier molecular flexibility index (Phi) is 4.67. The Balaban J connectivity index is 2.62. The number of carbonyl (C=O) groups excluding carboxylic acids is 1. The fourth-order valence-corrected chi connectivity index (χ4v) is 1.56. The summed E-state index contributed by atoms with van der Waals surface area (Å²) in [5, 5.41) is 2.87. The van der Waals surface area contributed by atoms with Gasteiger partial charge in [0.05, 0.1) is 0 Å². The number of pyridine rings is 1. The van der Waals surface area contributed by atoms with Gasteiger partial charge in [-0.25, -0.2) is 4.98 Å². The Bertz CT molecular complexity index is 368.